The van der Waals surface area contributed by atoms with Crippen molar-refractivity contribution in [2.24, 2.45) is 7.05 Å². The first-order valence-corrected chi connectivity index (χ1v) is 4.95. The van der Waals surface area contributed by atoms with Gasteiger partial charge in [0, 0.05) is 19.7 Å². The Kier molecular flexibility index (Phi) is 3.13. The molecule has 0 radical (unpaired) electrons. The van der Waals surface area contributed by atoms with Crippen molar-refractivity contribution in [3.63, 3.8) is 0 Å². The van der Waals surface area contributed by atoms with Crippen LogP contribution >= 0.6 is 0 Å². The molecule has 5 heteroatoms. The molecule has 1 aliphatic heterocycles. The number of ether oxygens (including phenoxy) is 2. The Bertz CT molecular complexity index is 342. The Labute approximate surface area is 88.0 Å². The zero-order chi connectivity index (χ0) is 10.7. The van der Waals surface area contributed by atoms with E-state index >= 15 is 0 Å². The van der Waals surface area contributed by atoms with E-state index in [0.29, 0.717) is 26.2 Å². The van der Waals surface area contributed by atoms with E-state index in [1.807, 2.05) is 13.2 Å². The van der Waals surface area contributed by atoms with Crippen molar-refractivity contribution in [2.75, 3.05) is 19.8 Å². The van der Waals surface area contributed by atoms with Gasteiger partial charge in [-0.2, -0.15) is 5.10 Å². The van der Waals surface area contributed by atoms with E-state index < -0.39 is 6.10 Å². The minimum absolute atomic E-state index is 0.0581. The van der Waals surface area contributed by atoms with Gasteiger partial charge in [0.25, 0.3) is 0 Å². The number of ketones is 1. The first-order chi connectivity index (χ1) is 7.25. The third-order valence-corrected chi connectivity index (χ3v) is 2.31. The fourth-order valence-electron chi connectivity index (χ4n) is 1.55. The molecule has 2 heterocycles. The molecule has 0 N–H and O–H groups in total. The SMILES string of the molecule is Cn1cc(CC(=O)C2COCCO2)cn1. The zero-order valence-electron chi connectivity index (χ0n) is 8.68. The van der Waals surface area contributed by atoms with Crippen molar-refractivity contribution in [3.8, 4) is 0 Å². The maximum absolute atomic E-state index is 11.7. The van der Waals surface area contributed by atoms with Crippen LogP contribution in [0.3, 0.4) is 0 Å². The largest absolute Gasteiger partial charge is 0.376 e. The molecule has 0 spiro atoms. The molecule has 0 aromatic carbocycles. The second-order valence-corrected chi connectivity index (χ2v) is 3.60. The monoisotopic (exact) mass is 210 g/mol. The number of hydrogen-bond acceptors (Lipinski definition) is 4. The van der Waals surface area contributed by atoms with E-state index in [-0.39, 0.29) is 5.78 Å². The number of rotatable bonds is 3. The lowest BCUT2D eigenvalue weighted by molar-refractivity contribution is -0.144. The number of carbonyl (C=O) groups excluding carboxylic acids is 1. The molecular formula is C10H14N2O3. The quantitative estimate of drug-likeness (QED) is 0.701. The summed E-state index contributed by atoms with van der Waals surface area (Å²) in [5.74, 6) is 0.0581. The summed E-state index contributed by atoms with van der Waals surface area (Å²) in [7, 11) is 1.83. The number of Topliss-reactive ketones (excluding diaryl/α,β-unsaturated/α-hetero) is 1. The molecule has 0 saturated carbocycles. The van der Waals surface area contributed by atoms with Crippen molar-refractivity contribution in [2.45, 2.75) is 12.5 Å². The van der Waals surface area contributed by atoms with E-state index in [1.54, 1.807) is 10.9 Å². The van der Waals surface area contributed by atoms with Gasteiger partial charge < -0.3 is 9.47 Å². The summed E-state index contributed by atoms with van der Waals surface area (Å²) in [4.78, 5) is 11.7. The lowest BCUT2D eigenvalue weighted by Crippen LogP contribution is -2.36. The molecule has 0 amide bonds. The van der Waals surface area contributed by atoms with Crippen LogP contribution in [-0.2, 0) is 27.7 Å². The summed E-state index contributed by atoms with van der Waals surface area (Å²) < 4.78 is 12.2. The number of hydrogen-bond donors (Lipinski definition) is 0. The van der Waals surface area contributed by atoms with Crippen molar-refractivity contribution in [1.82, 2.24) is 9.78 Å². The highest BCUT2D eigenvalue weighted by atomic mass is 16.6. The molecule has 5 nitrogen and oxygen atoms in total. The predicted molar refractivity (Wildman–Crippen MR) is 52.5 cm³/mol. The van der Waals surface area contributed by atoms with Gasteiger partial charge in [-0.1, -0.05) is 0 Å². The Hall–Kier alpha value is -1.20. The van der Waals surface area contributed by atoms with Gasteiger partial charge in [0.1, 0.15) is 6.10 Å². The zero-order valence-corrected chi connectivity index (χ0v) is 8.68. The molecule has 1 fully saturated rings. The number of aryl methyl sites for hydroxylation is 1. The Morgan fingerprint density at radius 3 is 3.13 bits per heavy atom. The minimum Gasteiger partial charge on any atom is -0.376 e. The van der Waals surface area contributed by atoms with Gasteiger partial charge in [0.15, 0.2) is 5.78 Å². The number of aromatic nitrogens is 2. The van der Waals surface area contributed by atoms with Crippen molar-refractivity contribution in [1.29, 1.82) is 0 Å². The summed E-state index contributed by atoms with van der Waals surface area (Å²) in [5, 5.41) is 4.01. The van der Waals surface area contributed by atoms with Crippen LogP contribution in [0.1, 0.15) is 5.56 Å². The van der Waals surface area contributed by atoms with Gasteiger partial charge in [-0.25, -0.2) is 0 Å². The Morgan fingerprint density at radius 1 is 1.67 bits per heavy atom. The minimum atomic E-state index is -0.404. The van der Waals surface area contributed by atoms with E-state index in [4.69, 9.17) is 9.47 Å². The third-order valence-electron chi connectivity index (χ3n) is 2.31. The van der Waals surface area contributed by atoms with E-state index in [0.717, 1.165) is 5.56 Å². The maximum atomic E-state index is 11.7. The van der Waals surface area contributed by atoms with Crippen LogP contribution in [-0.4, -0.2) is 41.5 Å². The molecule has 1 atom stereocenters. The second-order valence-electron chi connectivity index (χ2n) is 3.60. The first-order valence-electron chi connectivity index (χ1n) is 4.95. The maximum Gasteiger partial charge on any atom is 0.168 e. The van der Waals surface area contributed by atoms with Gasteiger partial charge in [-0.05, 0) is 5.56 Å². The Balaban J connectivity index is 1.91. The lowest BCUT2D eigenvalue weighted by Gasteiger charge is -2.21. The smallest absolute Gasteiger partial charge is 0.168 e. The molecule has 1 aromatic heterocycles. The van der Waals surface area contributed by atoms with Crippen LogP contribution < -0.4 is 0 Å². The fraction of sp³-hybridized carbons (Fsp3) is 0.600. The normalized spacial score (nSPS) is 21.5. The summed E-state index contributed by atoms with van der Waals surface area (Å²) >= 11 is 0. The standard InChI is InChI=1S/C10H14N2O3/c1-12-6-8(5-11-12)4-9(13)10-7-14-2-3-15-10/h5-6,10H,2-4,7H2,1H3. The molecule has 0 aliphatic carbocycles. The summed E-state index contributed by atoms with van der Waals surface area (Å²) in [5.41, 5.74) is 0.914. The molecule has 1 unspecified atom stereocenters. The van der Waals surface area contributed by atoms with Crippen LogP contribution in [0.15, 0.2) is 12.4 Å². The van der Waals surface area contributed by atoms with Crippen molar-refractivity contribution >= 4 is 5.78 Å². The highest BCUT2D eigenvalue weighted by Gasteiger charge is 2.22. The molecule has 82 valence electrons. The highest BCUT2D eigenvalue weighted by Crippen LogP contribution is 2.06. The predicted octanol–water partition coefficient (Wildman–Crippen LogP) is -0.0529. The summed E-state index contributed by atoms with van der Waals surface area (Å²) in [6.07, 6.45) is 3.49. The van der Waals surface area contributed by atoms with Crippen LogP contribution in [0, 0.1) is 0 Å². The summed E-state index contributed by atoms with van der Waals surface area (Å²) in [6, 6.07) is 0. The molecule has 2 rings (SSSR count). The van der Waals surface area contributed by atoms with Crippen LogP contribution in [0.2, 0.25) is 0 Å². The van der Waals surface area contributed by atoms with Gasteiger partial charge in [-0.15, -0.1) is 0 Å². The number of carbonyl (C=O) groups is 1. The van der Waals surface area contributed by atoms with Crippen LogP contribution in [0.25, 0.3) is 0 Å². The average Bonchev–Trinajstić information content (AvgIpc) is 2.65. The molecule has 1 aromatic rings. The van der Waals surface area contributed by atoms with E-state index in [9.17, 15) is 4.79 Å². The van der Waals surface area contributed by atoms with Gasteiger partial charge in [0.05, 0.1) is 26.0 Å². The van der Waals surface area contributed by atoms with Gasteiger partial charge >= 0.3 is 0 Å². The highest BCUT2D eigenvalue weighted by molar-refractivity contribution is 5.85. The van der Waals surface area contributed by atoms with E-state index in [2.05, 4.69) is 5.10 Å². The molecule has 0 bridgehead atoms. The average molecular weight is 210 g/mol. The topological polar surface area (TPSA) is 53.4 Å². The molecular weight excluding hydrogens is 196 g/mol. The lowest BCUT2D eigenvalue weighted by atomic mass is 10.1. The Morgan fingerprint density at radius 2 is 2.53 bits per heavy atom. The molecule has 1 aliphatic rings. The van der Waals surface area contributed by atoms with Crippen LogP contribution in [0.4, 0.5) is 0 Å². The van der Waals surface area contributed by atoms with E-state index in [1.165, 1.54) is 0 Å². The first kappa shape index (κ1) is 10.3. The fourth-order valence-corrected chi connectivity index (χ4v) is 1.55. The van der Waals surface area contributed by atoms with Crippen LogP contribution in [0.5, 0.6) is 0 Å². The van der Waals surface area contributed by atoms with Gasteiger partial charge in [-0.3, -0.25) is 9.48 Å². The number of nitrogens with zero attached hydrogens (tertiary/aromatic N) is 2. The second kappa shape index (κ2) is 4.55. The molecule has 1 saturated heterocycles. The van der Waals surface area contributed by atoms with Crippen molar-refractivity contribution in [3.05, 3.63) is 18.0 Å². The van der Waals surface area contributed by atoms with Gasteiger partial charge in [0.2, 0.25) is 0 Å². The third kappa shape index (κ3) is 2.64. The van der Waals surface area contributed by atoms with Crippen molar-refractivity contribution < 1.29 is 14.3 Å². The molecule has 15 heavy (non-hydrogen) atoms. The summed E-state index contributed by atoms with van der Waals surface area (Å²) in [6.45, 7) is 1.46.